The van der Waals surface area contributed by atoms with Crippen LogP contribution in [0.25, 0.3) is 0 Å². The van der Waals surface area contributed by atoms with Crippen molar-refractivity contribution in [3.63, 3.8) is 0 Å². The lowest BCUT2D eigenvalue weighted by molar-refractivity contribution is -0.138. The summed E-state index contributed by atoms with van der Waals surface area (Å²) >= 11 is 0. The van der Waals surface area contributed by atoms with E-state index in [4.69, 9.17) is 0 Å². The number of nitrogens with one attached hydrogen (secondary N) is 1. The number of anilines is 1. The summed E-state index contributed by atoms with van der Waals surface area (Å²) in [6.07, 6.45) is 2.50. The zero-order valence-electron chi connectivity index (χ0n) is 11.4. The number of fused-ring (bicyclic) bond motifs is 1. The lowest BCUT2D eigenvalue weighted by Gasteiger charge is -2.30. The summed E-state index contributed by atoms with van der Waals surface area (Å²) < 4.78 is 0. The number of carbonyl (C=O) groups excluding carboxylic acids is 1. The van der Waals surface area contributed by atoms with Crippen molar-refractivity contribution in [2.75, 3.05) is 4.90 Å². The van der Waals surface area contributed by atoms with E-state index in [0.717, 1.165) is 24.1 Å². The molecule has 1 aliphatic carbocycles. The maximum atomic E-state index is 12.2. The van der Waals surface area contributed by atoms with Gasteiger partial charge >= 0.3 is 5.97 Å². The average Bonchev–Trinajstić information content (AvgIpc) is 3.15. The minimum atomic E-state index is -0.882. The van der Waals surface area contributed by atoms with Crippen molar-refractivity contribution in [3.05, 3.63) is 29.8 Å². The van der Waals surface area contributed by atoms with Crippen LogP contribution in [0.15, 0.2) is 24.3 Å². The first-order chi connectivity index (χ1) is 9.58. The van der Waals surface area contributed by atoms with Crippen molar-refractivity contribution in [1.82, 2.24) is 5.32 Å². The molecule has 2 unspecified atom stereocenters. The molecular formula is C15H18N2O3. The van der Waals surface area contributed by atoms with E-state index in [0.29, 0.717) is 6.42 Å². The van der Waals surface area contributed by atoms with Gasteiger partial charge in [0, 0.05) is 18.2 Å². The molecule has 2 aliphatic rings. The Bertz CT molecular complexity index is 554. The molecule has 1 aromatic carbocycles. The van der Waals surface area contributed by atoms with Gasteiger partial charge in [-0.2, -0.15) is 0 Å². The molecule has 1 amide bonds. The molecule has 0 spiro atoms. The van der Waals surface area contributed by atoms with Gasteiger partial charge in [0.25, 0.3) is 0 Å². The van der Waals surface area contributed by atoms with Crippen molar-refractivity contribution in [2.24, 2.45) is 0 Å². The minimum absolute atomic E-state index is 0.0875. The van der Waals surface area contributed by atoms with E-state index in [9.17, 15) is 14.7 Å². The molecule has 20 heavy (non-hydrogen) atoms. The van der Waals surface area contributed by atoms with Crippen LogP contribution in [0.1, 0.15) is 25.3 Å². The van der Waals surface area contributed by atoms with Gasteiger partial charge in [0.2, 0.25) is 5.91 Å². The number of amides is 1. The molecule has 3 rings (SSSR count). The molecular weight excluding hydrogens is 256 g/mol. The fourth-order valence-electron chi connectivity index (χ4n) is 2.77. The number of carboxylic acid groups (broad SMARTS) is 1. The van der Waals surface area contributed by atoms with Gasteiger partial charge in [-0.15, -0.1) is 0 Å². The van der Waals surface area contributed by atoms with Crippen molar-refractivity contribution in [3.8, 4) is 0 Å². The van der Waals surface area contributed by atoms with E-state index in [1.165, 1.54) is 0 Å². The minimum Gasteiger partial charge on any atom is -0.480 e. The van der Waals surface area contributed by atoms with Crippen LogP contribution in [-0.2, 0) is 16.0 Å². The van der Waals surface area contributed by atoms with Crippen LogP contribution in [0, 0.1) is 0 Å². The normalized spacial score (nSPS) is 22.2. The summed E-state index contributed by atoms with van der Waals surface area (Å²) in [7, 11) is 0. The largest absolute Gasteiger partial charge is 0.480 e. The quantitative estimate of drug-likeness (QED) is 0.864. The van der Waals surface area contributed by atoms with Crippen molar-refractivity contribution in [2.45, 2.75) is 44.3 Å². The molecule has 1 aromatic rings. The van der Waals surface area contributed by atoms with E-state index >= 15 is 0 Å². The predicted molar refractivity (Wildman–Crippen MR) is 74.7 cm³/mol. The molecule has 0 bridgehead atoms. The smallest absolute Gasteiger partial charge is 0.326 e. The van der Waals surface area contributed by atoms with Crippen molar-refractivity contribution < 1.29 is 14.7 Å². The predicted octanol–water partition coefficient (Wildman–Crippen LogP) is 1.17. The molecule has 1 saturated carbocycles. The van der Waals surface area contributed by atoms with Crippen LogP contribution < -0.4 is 10.2 Å². The number of carbonyl (C=O) groups is 2. The first-order valence-electron chi connectivity index (χ1n) is 6.97. The van der Waals surface area contributed by atoms with E-state index in [2.05, 4.69) is 5.32 Å². The number of carboxylic acids is 1. The van der Waals surface area contributed by atoms with E-state index < -0.39 is 18.1 Å². The van der Waals surface area contributed by atoms with Crippen LogP contribution in [0.3, 0.4) is 0 Å². The number of hydrogen-bond acceptors (Lipinski definition) is 3. The molecule has 5 nitrogen and oxygen atoms in total. The van der Waals surface area contributed by atoms with Crippen molar-refractivity contribution >= 4 is 17.6 Å². The van der Waals surface area contributed by atoms with Gasteiger partial charge in [0.15, 0.2) is 0 Å². The van der Waals surface area contributed by atoms with Crippen LogP contribution in [0.2, 0.25) is 0 Å². The SMILES string of the molecule is CC(C(=O)NC1CC1)N1c2ccccc2CC1C(=O)O. The van der Waals surface area contributed by atoms with Crippen LogP contribution in [0.5, 0.6) is 0 Å². The summed E-state index contributed by atoms with van der Waals surface area (Å²) in [4.78, 5) is 25.4. The molecule has 0 aromatic heterocycles. The second-order valence-corrected chi connectivity index (χ2v) is 5.55. The van der Waals surface area contributed by atoms with E-state index in [1.54, 1.807) is 11.8 Å². The fourth-order valence-corrected chi connectivity index (χ4v) is 2.77. The Balaban J connectivity index is 1.87. The maximum Gasteiger partial charge on any atom is 0.326 e. The van der Waals surface area contributed by atoms with Gasteiger partial charge in [-0.1, -0.05) is 18.2 Å². The lowest BCUT2D eigenvalue weighted by Crippen LogP contribution is -2.51. The number of hydrogen-bond donors (Lipinski definition) is 2. The van der Waals surface area contributed by atoms with Crippen molar-refractivity contribution in [1.29, 1.82) is 0 Å². The molecule has 1 fully saturated rings. The Labute approximate surface area is 117 Å². The topological polar surface area (TPSA) is 69.6 Å². The number of aliphatic carboxylic acids is 1. The first-order valence-corrected chi connectivity index (χ1v) is 6.97. The first kappa shape index (κ1) is 13.0. The zero-order chi connectivity index (χ0) is 14.3. The van der Waals surface area contributed by atoms with Gasteiger partial charge in [-0.05, 0) is 31.4 Å². The molecule has 106 valence electrons. The number of benzene rings is 1. The van der Waals surface area contributed by atoms with Gasteiger partial charge in [-0.3, -0.25) is 4.79 Å². The fraction of sp³-hybridized carbons (Fsp3) is 0.467. The highest BCUT2D eigenvalue weighted by Crippen LogP contribution is 2.34. The van der Waals surface area contributed by atoms with Gasteiger partial charge < -0.3 is 15.3 Å². The lowest BCUT2D eigenvalue weighted by atomic mass is 10.1. The van der Waals surface area contributed by atoms with Crippen LogP contribution >= 0.6 is 0 Å². The second-order valence-electron chi connectivity index (χ2n) is 5.55. The molecule has 0 saturated heterocycles. The third-order valence-corrected chi connectivity index (χ3v) is 4.02. The molecule has 2 N–H and O–H groups in total. The molecule has 2 atom stereocenters. The summed E-state index contributed by atoms with van der Waals surface area (Å²) in [5, 5.41) is 12.4. The zero-order valence-corrected chi connectivity index (χ0v) is 11.4. The Morgan fingerprint density at radius 3 is 2.70 bits per heavy atom. The maximum absolute atomic E-state index is 12.2. The number of rotatable bonds is 4. The third kappa shape index (κ3) is 2.24. The Kier molecular flexibility index (Phi) is 3.12. The highest BCUT2D eigenvalue weighted by Gasteiger charge is 2.40. The van der Waals surface area contributed by atoms with E-state index in [-0.39, 0.29) is 11.9 Å². The molecule has 1 aliphatic heterocycles. The Morgan fingerprint density at radius 1 is 1.35 bits per heavy atom. The average molecular weight is 274 g/mol. The highest BCUT2D eigenvalue weighted by molar-refractivity contribution is 5.91. The summed E-state index contributed by atoms with van der Waals surface area (Å²) in [6.45, 7) is 1.77. The van der Waals surface area contributed by atoms with Gasteiger partial charge in [0.05, 0.1) is 0 Å². The number of para-hydroxylation sites is 1. The highest BCUT2D eigenvalue weighted by atomic mass is 16.4. The van der Waals surface area contributed by atoms with Crippen LogP contribution in [0.4, 0.5) is 5.69 Å². The van der Waals surface area contributed by atoms with Gasteiger partial charge in [-0.25, -0.2) is 4.79 Å². The summed E-state index contributed by atoms with van der Waals surface area (Å²) in [6, 6.07) is 6.74. The monoisotopic (exact) mass is 274 g/mol. The standard InChI is InChI=1S/C15H18N2O3/c1-9(14(18)16-11-6-7-11)17-12-5-3-2-4-10(12)8-13(17)15(19)20/h2-5,9,11,13H,6-8H2,1H3,(H,16,18)(H,19,20). The molecule has 1 heterocycles. The summed E-state index contributed by atoms with van der Waals surface area (Å²) in [5.74, 6) is -0.970. The second kappa shape index (κ2) is 4.81. The van der Waals surface area contributed by atoms with Gasteiger partial charge in [0.1, 0.15) is 12.1 Å². The number of nitrogens with zero attached hydrogens (tertiary/aromatic N) is 1. The van der Waals surface area contributed by atoms with E-state index in [1.807, 2.05) is 24.3 Å². The Morgan fingerprint density at radius 2 is 2.05 bits per heavy atom. The Hall–Kier alpha value is -2.04. The third-order valence-electron chi connectivity index (χ3n) is 4.02. The summed E-state index contributed by atoms with van der Waals surface area (Å²) in [5.41, 5.74) is 1.85. The molecule has 5 heteroatoms. The molecule has 0 radical (unpaired) electrons. The van der Waals surface area contributed by atoms with Crippen LogP contribution in [-0.4, -0.2) is 35.1 Å².